The van der Waals surface area contributed by atoms with Crippen LogP contribution in [0.4, 0.5) is 0 Å². The highest BCUT2D eigenvalue weighted by Crippen LogP contribution is 2.23. The van der Waals surface area contributed by atoms with E-state index in [1.807, 2.05) is 32.4 Å². The van der Waals surface area contributed by atoms with Gasteiger partial charge in [-0.25, -0.2) is 4.99 Å². The number of hydrogen-bond donors (Lipinski definition) is 2. The largest absolute Gasteiger partial charge is 0.382 e. The van der Waals surface area contributed by atoms with Gasteiger partial charge in [0.25, 0.3) is 0 Å². The molecule has 3 atom stereocenters. The van der Waals surface area contributed by atoms with Crippen LogP contribution in [0, 0.1) is 6.92 Å². The summed E-state index contributed by atoms with van der Waals surface area (Å²) in [6.45, 7) is 8.67. The molecule has 2 N–H and O–H groups in total. The first-order chi connectivity index (χ1) is 13.5. The topological polar surface area (TPSA) is 93.4 Å². The van der Waals surface area contributed by atoms with Crippen molar-refractivity contribution in [1.82, 2.24) is 25.4 Å². The van der Waals surface area contributed by atoms with Crippen molar-refractivity contribution in [1.29, 1.82) is 0 Å². The van der Waals surface area contributed by atoms with Crippen LogP contribution >= 0.6 is 24.0 Å². The molecule has 1 saturated carbocycles. The fourth-order valence-electron chi connectivity index (χ4n) is 3.36. The molecule has 2 rings (SSSR count). The number of rotatable bonds is 10. The van der Waals surface area contributed by atoms with E-state index in [0.29, 0.717) is 12.6 Å². The minimum atomic E-state index is -0.730. The number of nitrogens with zero attached hydrogens (tertiary/aromatic N) is 4. The number of halogens is 1. The number of aromatic nitrogens is 3. The Labute approximate surface area is 194 Å². The summed E-state index contributed by atoms with van der Waals surface area (Å²) in [6.07, 6.45) is 5.10. The average molecular weight is 541 g/mol. The van der Waals surface area contributed by atoms with E-state index in [0.717, 1.165) is 75.2 Å². The van der Waals surface area contributed by atoms with Crippen LogP contribution in [0.2, 0.25) is 0 Å². The molecule has 0 aliphatic heterocycles. The molecule has 0 bridgehead atoms. The van der Waals surface area contributed by atoms with Gasteiger partial charge in [-0.2, -0.15) is 0 Å². The zero-order valence-corrected chi connectivity index (χ0v) is 21.3. The van der Waals surface area contributed by atoms with Crippen LogP contribution in [0.1, 0.15) is 57.6 Å². The Kier molecular flexibility index (Phi) is 13.0. The van der Waals surface area contributed by atoms with Crippen molar-refractivity contribution in [3.8, 4) is 0 Å². The monoisotopic (exact) mass is 540 g/mol. The van der Waals surface area contributed by atoms with E-state index in [1.54, 1.807) is 0 Å². The van der Waals surface area contributed by atoms with Crippen LogP contribution in [0.3, 0.4) is 0 Å². The second-order valence-corrected chi connectivity index (χ2v) is 9.17. The van der Waals surface area contributed by atoms with Crippen molar-refractivity contribution in [2.75, 3.05) is 25.5 Å². The molecule has 8 nitrogen and oxygen atoms in total. The minimum absolute atomic E-state index is 0. The molecule has 29 heavy (non-hydrogen) atoms. The predicted molar refractivity (Wildman–Crippen MR) is 129 cm³/mol. The Morgan fingerprint density at radius 1 is 1.34 bits per heavy atom. The van der Waals surface area contributed by atoms with E-state index in [9.17, 15) is 4.21 Å². The summed E-state index contributed by atoms with van der Waals surface area (Å²) in [7, 11) is 1.22. The molecule has 1 aromatic heterocycles. The molecule has 0 aromatic carbocycles. The Morgan fingerprint density at radius 3 is 2.79 bits per heavy atom. The predicted octanol–water partition coefficient (Wildman–Crippen LogP) is 2.28. The van der Waals surface area contributed by atoms with Gasteiger partial charge in [0.15, 0.2) is 11.8 Å². The van der Waals surface area contributed by atoms with Crippen molar-refractivity contribution in [2.45, 2.75) is 70.7 Å². The van der Waals surface area contributed by atoms with Gasteiger partial charge in [0.05, 0.1) is 0 Å². The highest BCUT2D eigenvalue weighted by Gasteiger charge is 2.26. The van der Waals surface area contributed by atoms with Gasteiger partial charge in [0, 0.05) is 54.7 Å². The van der Waals surface area contributed by atoms with Crippen LogP contribution in [-0.2, 0) is 29.1 Å². The Bertz CT molecular complexity index is 655. The van der Waals surface area contributed by atoms with Gasteiger partial charge in [0.1, 0.15) is 12.4 Å². The minimum Gasteiger partial charge on any atom is -0.382 e. The lowest BCUT2D eigenvalue weighted by molar-refractivity contribution is 0.145. The van der Waals surface area contributed by atoms with Gasteiger partial charge < -0.3 is 19.9 Å². The van der Waals surface area contributed by atoms with Crippen LogP contribution in [0.5, 0.6) is 0 Å². The zero-order valence-electron chi connectivity index (χ0n) is 18.1. The van der Waals surface area contributed by atoms with E-state index in [4.69, 9.17) is 9.73 Å². The van der Waals surface area contributed by atoms with Crippen molar-refractivity contribution in [2.24, 2.45) is 12.0 Å². The molecule has 1 fully saturated rings. The first-order valence-corrected chi connectivity index (χ1v) is 11.8. The lowest BCUT2D eigenvalue weighted by atomic mass is 9.95. The highest BCUT2D eigenvalue weighted by molar-refractivity contribution is 14.0. The van der Waals surface area contributed by atoms with E-state index >= 15 is 0 Å². The maximum Gasteiger partial charge on any atom is 0.191 e. The number of aliphatic imine (C=N–C) groups is 1. The molecular formula is C19H37IN6O2S. The SMILES string of the molecule is CCOCCCNC(=NCc1nnc(C)n1C)NC1CCCC(S(=O)CC)C1.I. The number of aryl methyl sites for hydroxylation is 1. The van der Waals surface area contributed by atoms with Gasteiger partial charge >= 0.3 is 0 Å². The average Bonchev–Trinajstić information content (AvgIpc) is 3.03. The summed E-state index contributed by atoms with van der Waals surface area (Å²) in [5, 5.41) is 15.5. The Balaban J connectivity index is 0.00000420. The summed E-state index contributed by atoms with van der Waals surface area (Å²) >= 11 is 0. The smallest absolute Gasteiger partial charge is 0.191 e. The summed E-state index contributed by atoms with van der Waals surface area (Å²) < 4.78 is 19.6. The molecule has 168 valence electrons. The van der Waals surface area contributed by atoms with Crippen LogP contribution in [-0.4, -0.2) is 61.7 Å². The Hall–Kier alpha value is -0.750. The lowest BCUT2D eigenvalue weighted by Gasteiger charge is -2.30. The van der Waals surface area contributed by atoms with Gasteiger partial charge in [-0.1, -0.05) is 13.3 Å². The first kappa shape index (κ1) is 26.3. The number of guanidine groups is 1. The van der Waals surface area contributed by atoms with Gasteiger partial charge in [-0.3, -0.25) is 4.21 Å². The quantitative estimate of drug-likeness (QED) is 0.205. The third kappa shape index (κ3) is 8.87. The summed E-state index contributed by atoms with van der Waals surface area (Å²) in [4.78, 5) is 4.72. The molecule has 3 unspecified atom stereocenters. The second-order valence-electron chi connectivity index (χ2n) is 7.16. The molecule has 10 heteroatoms. The summed E-state index contributed by atoms with van der Waals surface area (Å²) in [5.41, 5.74) is 0. The third-order valence-electron chi connectivity index (χ3n) is 5.15. The second kappa shape index (κ2) is 14.3. The molecule has 1 aliphatic carbocycles. The zero-order chi connectivity index (χ0) is 20.4. The van der Waals surface area contributed by atoms with Crippen molar-refractivity contribution in [3.05, 3.63) is 11.6 Å². The van der Waals surface area contributed by atoms with Crippen molar-refractivity contribution >= 4 is 40.7 Å². The number of ether oxygens (including phenoxy) is 1. The Morgan fingerprint density at radius 2 is 2.14 bits per heavy atom. The van der Waals surface area contributed by atoms with Gasteiger partial charge in [-0.05, 0) is 39.5 Å². The van der Waals surface area contributed by atoms with Crippen molar-refractivity contribution in [3.63, 3.8) is 0 Å². The number of nitrogens with one attached hydrogen (secondary N) is 2. The molecule has 0 spiro atoms. The van der Waals surface area contributed by atoms with E-state index in [2.05, 4.69) is 20.8 Å². The fraction of sp³-hybridized carbons (Fsp3) is 0.842. The van der Waals surface area contributed by atoms with E-state index in [1.165, 1.54) is 0 Å². The van der Waals surface area contributed by atoms with E-state index < -0.39 is 10.8 Å². The lowest BCUT2D eigenvalue weighted by Crippen LogP contribution is -2.47. The molecule has 0 radical (unpaired) electrons. The van der Waals surface area contributed by atoms with Crippen LogP contribution < -0.4 is 10.6 Å². The summed E-state index contributed by atoms with van der Waals surface area (Å²) in [5.74, 6) is 3.23. The molecule has 0 saturated heterocycles. The van der Waals surface area contributed by atoms with Gasteiger partial charge in [0.2, 0.25) is 0 Å². The van der Waals surface area contributed by atoms with Crippen LogP contribution in [0.25, 0.3) is 0 Å². The molecule has 1 aliphatic rings. The molecule has 1 heterocycles. The van der Waals surface area contributed by atoms with Crippen molar-refractivity contribution < 1.29 is 8.95 Å². The highest BCUT2D eigenvalue weighted by atomic mass is 127. The normalized spacial score (nSPS) is 20.8. The molecule has 0 amide bonds. The maximum atomic E-state index is 12.2. The van der Waals surface area contributed by atoms with Crippen LogP contribution in [0.15, 0.2) is 4.99 Å². The fourth-order valence-corrected chi connectivity index (χ4v) is 4.71. The molecular weight excluding hydrogens is 503 g/mol. The summed E-state index contributed by atoms with van der Waals surface area (Å²) in [6, 6.07) is 0.300. The van der Waals surface area contributed by atoms with Gasteiger partial charge in [-0.15, -0.1) is 34.2 Å². The standard InChI is InChI=1S/C19H36N6O2S.HI/c1-5-27-12-8-11-20-19(21-14-18-24-23-15(3)25(18)4)22-16-9-7-10-17(13-16)28(26)6-2;/h16-17H,5-14H2,1-4H3,(H2,20,21,22);1H. The number of hydrogen-bond acceptors (Lipinski definition) is 5. The third-order valence-corrected chi connectivity index (χ3v) is 6.89. The first-order valence-electron chi connectivity index (χ1n) is 10.4. The van der Waals surface area contributed by atoms with E-state index in [-0.39, 0.29) is 29.2 Å². The maximum absolute atomic E-state index is 12.2. The molecule has 1 aromatic rings.